The molecule has 1 fully saturated rings. The van der Waals surface area contributed by atoms with Crippen molar-refractivity contribution in [2.24, 2.45) is 0 Å². The SMILES string of the molecule is O=C(O)C1CCCN1.[LiH]. The topological polar surface area (TPSA) is 49.3 Å². The molecule has 1 aliphatic rings. The van der Waals surface area contributed by atoms with Crippen molar-refractivity contribution in [2.45, 2.75) is 18.9 Å². The Morgan fingerprint density at radius 2 is 2.33 bits per heavy atom. The number of aliphatic carboxylic acids is 1. The molecule has 0 radical (unpaired) electrons. The van der Waals surface area contributed by atoms with Gasteiger partial charge in [-0.05, 0) is 19.4 Å². The first-order chi connectivity index (χ1) is 3.80. The Balaban J connectivity index is 0.000000640. The van der Waals surface area contributed by atoms with Crippen LogP contribution in [0.3, 0.4) is 0 Å². The zero-order valence-corrected chi connectivity index (χ0v) is 4.55. The molecule has 1 atom stereocenters. The quantitative estimate of drug-likeness (QED) is 0.447. The van der Waals surface area contributed by atoms with Gasteiger partial charge < -0.3 is 10.4 Å². The molecule has 2 N–H and O–H groups in total. The van der Waals surface area contributed by atoms with Gasteiger partial charge in [-0.3, -0.25) is 4.79 Å². The van der Waals surface area contributed by atoms with Crippen molar-refractivity contribution < 1.29 is 9.90 Å². The third-order valence-corrected chi connectivity index (χ3v) is 1.36. The summed E-state index contributed by atoms with van der Waals surface area (Å²) in [5.41, 5.74) is 0. The molecule has 0 amide bonds. The Morgan fingerprint density at radius 1 is 1.67 bits per heavy atom. The summed E-state index contributed by atoms with van der Waals surface area (Å²) < 4.78 is 0. The second-order valence-electron chi connectivity index (χ2n) is 1.99. The maximum atomic E-state index is 10.1. The van der Waals surface area contributed by atoms with E-state index in [1.54, 1.807) is 0 Å². The average molecular weight is 123 g/mol. The zero-order chi connectivity index (χ0) is 5.98. The molecule has 0 saturated carbocycles. The molecule has 9 heavy (non-hydrogen) atoms. The first kappa shape index (κ1) is 9.03. The first-order valence-electron chi connectivity index (χ1n) is 2.77. The van der Waals surface area contributed by atoms with E-state index in [0.29, 0.717) is 0 Å². The molecular formula is C5H10LiNO2. The molecule has 1 rings (SSSR count). The minimum absolute atomic E-state index is 0. The van der Waals surface area contributed by atoms with E-state index in [9.17, 15) is 4.79 Å². The maximum absolute atomic E-state index is 10.1. The van der Waals surface area contributed by atoms with E-state index >= 15 is 0 Å². The molecule has 1 heterocycles. The van der Waals surface area contributed by atoms with Crippen molar-refractivity contribution in [1.82, 2.24) is 5.32 Å². The van der Waals surface area contributed by atoms with E-state index < -0.39 is 5.97 Å². The third-order valence-electron chi connectivity index (χ3n) is 1.36. The second kappa shape index (κ2) is 3.94. The third kappa shape index (κ3) is 2.40. The monoisotopic (exact) mass is 123 g/mol. The van der Waals surface area contributed by atoms with Crippen LogP contribution in [0.15, 0.2) is 0 Å². The molecule has 3 nitrogen and oxygen atoms in total. The molecule has 48 valence electrons. The van der Waals surface area contributed by atoms with Crippen molar-refractivity contribution >= 4 is 24.8 Å². The van der Waals surface area contributed by atoms with Crippen molar-refractivity contribution in [3.63, 3.8) is 0 Å². The molecule has 0 aromatic heterocycles. The Morgan fingerprint density at radius 3 is 2.56 bits per heavy atom. The average Bonchev–Trinajstić information content (AvgIpc) is 2.12. The number of carboxylic acids is 1. The van der Waals surface area contributed by atoms with Crippen molar-refractivity contribution in [1.29, 1.82) is 0 Å². The van der Waals surface area contributed by atoms with E-state index in [0.717, 1.165) is 19.4 Å². The Hall–Kier alpha value is 0.0274. The van der Waals surface area contributed by atoms with Gasteiger partial charge in [0.1, 0.15) is 6.04 Å². The van der Waals surface area contributed by atoms with Gasteiger partial charge in [-0.1, -0.05) is 0 Å². The number of rotatable bonds is 1. The Kier molecular flexibility index (Phi) is 3.95. The van der Waals surface area contributed by atoms with Gasteiger partial charge in [0.2, 0.25) is 0 Å². The zero-order valence-electron chi connectivity index (χ0n) is 4.55. The molecule has 0 spiro atoms. The molecule has 4 heteroatoms. The number of carboxylic acid groups (broad SMARTS) is 1. The van der Waals surface area contributed by atoms with Crippen LogP contribution in [0.5, 0.6) is 0 Å². The van der Waals surface area contributed by atoms with Gasteiger partial charge in [-0.2, -0.15) is 0 Å². The van der Waals surface area contributed by atoms with Gasteiger partial charge in [0, 0.05) is 0 Å². The van der Waals surface area contributed by atoms with Gasteiger partial charge in [-0.15, -0.1) is 0 Å². The van der Waals surface area contributed by atoms with Gasteiger partial charge >= 0.3 is 24.8 Å². The van der Waals surface area contributed by atoms with Crippen LogP contribution in [0.2, 0.25) is 0 Å². The van der Waals surface area contributed by atoms with Crippen LogP contribution in [0.25, 0.3) is 0 Å². The summed E-state index contributed by atoms with van der Waals surface area (Å²) in [6, 6.07) is -0.269. The van der Waals surface area contributed by atoms with Crippen LogP contribution < -0.4 is 5.32 Å². The van der Waals surface area contributed by atoms with Crippen molar-refractivity contribution in [3.8, 4) is 0 Å². The van der Waals surface area contributed by atoms with E-state index in [4.69, 9.17) is 5.11 Å². The molecule has 0 aromatic carbocycles. The predicted octanol–water partition coefficient (Wildman–Crippen LogP) is -0.826. The summed E-state index contributed by atoms with van der Waals surface area (Å²) in [5.74, 6) is -0.720. The van der Waals surface area contributed by atoms with E-state index in [1.807, 2.05) is 0 Å². The Labute approximate surface area is 66.0 Å². The summed E-state index contributed by atoms with van der Waals surface area (Å²) >= 11 is 0. The summed E-state index contributed by atoms with van der Waals surface area (Å²) in [5, 5.41) is 11.2. The first-order valence-corrected chi connectivity index (χ1v) is 2.77. The van der Waals surface area contributed by atoms with Gasteiger partial charge in [0.15, 0.2) is 0 Å². The van der Waals surface area contributed by atoms with Crippen LogP contribution >= 0.6 is 0 Å². The molecule has 0 aliphatic carbocycles. The van der Waals surface area contributed by atoms with Crippen LogP contribution in [0, 0.1) is 0 Å². The second-order valence-corrected chi connectivity index (χ2v) is 1.99. The van der Waals surface area contributed by atoms with Crippen LogP contribution in [-0.4, -0.2) is 42.5 Å². The fourth-order valence-electron chi connectivity index (χ4n) is 0.895. The van der Waals surface area contributed by atoms with Gasteiger partial charge in [-0.25, -0.2) is 0 Å². The molecular weight excluding hydrogens is 113 g/mol. The normalized spacial score (nSPS) is 25.1. The predicted molar refractivity (Wildman–Crippen MR) is 35.8 cm³/mol. The van der Waals surface area contributed by atoms with Gasteiger partial charge in [0.25, 0.3) is 0 Å². The number of carbonyl (C=O) groups is 1. The van der Waals surface area contributed by atoms with Crippen molar-refractivity contribution in [3.05, 3.63) is 0 Å². The van der Waals surface area contributed by atoms with Crippen molar-refractivity contribution in [2.75, 3.05) is 6.54 Å². The van der Waals surface area contributed by atoms with Crippen LogP contribution in [0.1, 0.15) is 12.8 Å². The van der Waals surface area contributed by atoms with Gasteiger partial charge in [0.05, 0.1) is 0 Å². The fourth-order valence-corrected chi connectivity index (χ4v) is 0.895. The van der Waals surface area contributed by atoms with Crippen LogP contribution in [0.4, 0.5) is 0 Å². The summed E-state index contributed by atoms with van der Waals surface area (Å²) in [6.07, 6.45) is 1.78. The molecule has 0 aromatic rings. The fraction of sp³-hybridized carbons (Fsp3) is 0.800. The molecule has 1 saturated heterocycles. The van der Waals surface area contributed by atoms with E-state index in [1.165, 1.54) is 0 Å². The summed E-state index contributed by atoms with van der Waals surface area (Å²) in [6.45, 7) is 0.858. The molecule has 1 unspecified atom stereocenters. The molecule has 1 aliphatic heterocycles. The minimum atomic E-state index is -0.720. The van der Waals surface area contributed by atoms with Crippen LogP contribution in [-0.2, 0) is 4.79 Å². The summed E-state index contributed by atoms with van der Waals surface area (Å²) in [7, 11) is 0. The number of hydrogen-bond donors (Lipinski definition) is 2. The van der Waals surface area contributed by atoms with E-state index in [-0.39, 0.29) is 24.9 Å². The van der Waals surface area contributed by atoms with E-state index in [2.05, 4.69) is 5.32 Å². The standard InChI is InChI=1S/C5H9NO2.Li.H/c7-5(8)4-2-1-3-6-4;;/h4,6H,1-3H2,(H,7,8);;. The number of hydrogen-bond acceptors (Lipinski definition) is 2. The Bertz CT molecular complexity index is 101. The molecule has 0 bridgehead atoms. The number of nitrogens with one attached hydrogen (secondary N) is 1. The summed E-state index contributed by atoms with van der Waals surface area (Å²) in [4.78, 5) is 10.1.